The van der Waals surface area contributed by atoms with Gasteiger partial charge in [-0.25, -0.2) is 9.18 Å². The number of carbonyl (C=O) groups excluding carboxylic acids is 1. The Kier molecular flexibility index (Phi) is 6.43. The Morgan fingerprint density at radius 3 is 2.50 bits per heavy atom. The molecule has 2 aromatic carbocycles. The second kappa shape index (κ2) is 8.75. The highest BCUT2D eigenvalue weighted by Gasteiger charge is 2.20. The predicted octanol–water partition coefficient (Wildman–Crippen LogP) is 3.43. The first-order valence-electron chi connectivity index (χ1n) is 7.80. The molecule has 26 heavy (non-hydrogen) atoms. The number of esters is 1. The van der Waals surface area contributed by atoms with Gasteiger partial charge in [-0.1, -0.05) is 46.7 Å². The zero-order chi connectivity index (χ0) is 19.1. The Labute approximate surface area is 150 Å². The van der Waals surface area contributed by atoms with E-state index in [1.54, 1.807) is 37.3 Å². The van der Waals surface area contributed by atoms with E-state index in [2.05, 4.69) is 15.0 Å². The zero-order valence-corrected chi connectivity index (χ0v) is 14.7. The van der Waals surface area contributed by atoms with Crippen LogP contribution in [-0.4, -0.2) is 29.7 Å². The van der Waals surface area contributed by atoms with Crippen molar-refractivity contribution in [3.05, 3.63) is 70.5 Å². The number of ether oxygens (including phenoxy) is 1. The van der Waals surface area contributed by atoms with Gasteiger partial charge in [0, 0.05) is 16.7 Å². The van der Waals surface area contributed by atoms with E-state index in [0.717, 1.165) is 5.56 Å². The highest BCUT2D eigenvalue weighted by Crippen LogP contribution is 2.18. The fraction of sp³-hybridized carbons (Fsp3) is 0.211. The second-order valence-electron chi connectivity index (χ2n) is 5.47. The summed E-state index contributed by atoms with van der Waals surface area (Å²) in [5, 5.41) is 16.1. The van der Waals surface area contributed by atoms with Crippen molar-refractivity contribution in [2.45, 2.75) is 20.5 Å². The summed E-state index contributed by atoms with van der Waals surface area (Å²) in [7, 11) is 1.20. The van der Waals surface area contributed by atoms with Gasteiger partial charge in [0.05, 0.1) is 12.8 Å². The molecule has 0 amide bonds. The molecule has 0 saturated heterocycles. The molecule has 6 nitrogen and oxygen atoms in total. The van der Waals surface area contributed by atoms with Gasteiger partial charge in [-0.05, 0) is 25.5 Å². The van der Waals surface area contributed by atoms with Crippen LogP contribution in [0.1, 0.15) is 29.2 Å². The lowest BCUT2D eigenvalue weighted by molar-refractivity contribution is -0.132. The fourth-order valence-electron chi connectivity index (χ4n) is 2.41. The van der Waals surface area contributed by atoms with Gasteiger partial charge in [-0.15, -0.1) is 0 Å². The van der Waals surface area contributed by atoms with Crippen molar-refractivity contribution in [3.8, 4) is 0 Å². The molecule has 0 aliphatic rings. The number of halogens is 1. The molecule has 0 aliphatic carbocycles. The summed E-state index contributed by atoms with van der Waals surface area (Å²) in [4.78, 5) is 17.1. The van der Waals surface area contributed by atoms with Crippen LogP contribution in [0.5, 0.6) is 0 Å². The molecule has 0 spiro atoms. The van der Waals surface area contributed by atoms with Crippen LogP contribution in [0.15, 0.2) is 52.8 Å². The van der Waals surface area contributed by atoms with E-state index in [-0.39, 0.29) is 12.3 Å². The number of carbonyl (C=O) groups is 1. The molecule has 136 valence electrons. The van der Waals surface area contributed by atoms with Crippen molar-refractivity contribution < 1.29 is 24.0 Å². The zero-order valence-electron chi connectivity index (χ0n) is 14.7. The number of hydrogen-bond donors (Lipinski definition) is 1. The normalized spacial score (nSPS) is 12.0. The summed E-state index contributed by atoms with van der Waals surface area (Å²) >= 11 is 0. The smallest absolute Gasteiger partial charge is 0.360 e. The molecular weight excluding hydrogens is 339 g/mol. The van der Waals surface area contributed by atoms with Crippen molar-refractivity contribution in [2.24, 2.45) is 10.3 Å². The maximum atomic E-state index is 13.8. The topological polar surface area (TPSA) is 80.5 Å². The molecule has 0 aromatic heterocycles. The Balaban J connectivity index is 2.26. The number of methoxy groups -OCH3 is 1. The van der Waals surface area contributed by atoms with E-state index in [1.165, 1.54) is 13.2 Å². The van der Waals surface area contributed by atoms with E-state index >= 15 is 0 Å². The third-order valence-corrected chi connectivity index (χ3v) is 3.82. The van der Waals surface area contributed by atoms with Crippen molar-refractivity contribution in [1.82, 2.24) is 0 Å². The summed E-state index contributed by atoms with van der Waals surface area (Å²) in [6.07, 6.45) is 0. The van der Waals surface area contributed by atoms with Gasteiger partial charge in [0.1, 0.15) is 12.4 Å². The minimum Gasteiger partial charge on any atom is -0.464 e. The first kappa shape index (κ1) is 19.1. The SMILES string of the molecule is COC(=O)/C(=N/O)c1cccc(C)c1CO/N=C(\C)c1ccccc1F. The maximum absolute atomic E-state index is 13.8. The average molecular weight is 358 g/mol. The van der Waals surface area contributed by atoms with Crippen LogP contribution in [0, 0.1) is 12.7 Å². The van der Waals surface area contributed by atoms with E-state index in [9.17, 15) is 9.18 Å². The number of hydrogen-bond acceptors (Lipinski definition) is 6. The number of rotatable bonds is 6. The molecule has 2 aromatic rings. The van der Waals surface area contributed by atoms with Gasteiger partial charge in [0.2, 0.25) is 0 Å². The summed E-state index contributed by atoms with van der Waals surface area (Å²) in [6, 6.07) is 11.4. The van der Waals surface area contributed by atoms with Gasteiger partial charge >= 0.3 is 5.97 Å². The highest BCUT2D eigenvalue weighted by molar-refractivity contribution is 6.43. The quantitative estimate of drug-likeness (QED) is 0.371. The van der Waals surface area contributed by atoms with Gasteiger partial charge in [-0.3, -0.25) is 0 Å². The number of aryl methyl sites for hydroxylation is 1. The van der Waals surface area contributed by atoms with Crippen LogP contribution >= 0.6 is 0 Å². The summed E-state index contributed by atoms with van der Waals surface area (Å²) < 4.78 is 18.4. The number of nitrogens with zero attached hydrogens (tertiary/aromatic N) is 2. The Hall–Kier alpha value is -3.22. The van der Waals surface area contributed by atoms with Crippen molar-refractivity contribution in [3.63, 3.8) is 0 Å². The van der Waals surface area contributed by atoms with Crippen molar-refractivity contribution in [2.75, 3.05) is 7.11 Å². The second-order valence-corrected chi connectivity index (χ2v) is 5.47. The Bertz CT molecular complexity index is 862. The Morgan fingerprint density at radius 1 is 1.15 bits per heavy atom. The largest absolute Gasteiger partial charge is 0.464 e. The molecule has 0 fully saturated rings. The predicted molar refractivity (Wildman–Crippen MR) is 94.9 cm³/mol. The summed E-state index contributed by atoms with van der Waals surface area (Å²) in [5.74, 6) is -1.17. The van der Waals surface area contributed by atoms with E-state index < -0.39 is 11.8 Å². The van der Waals surface area contributed by atoms with Crippen molar-refractivity contribution >= 4 is 17.4 Å². The molecule has 0 radical (unpaired) electrons. The third-order valence-electron chi connectivity index (χ3n) is 3.82. The van der Waals surface area contributed by atoms with Crippen LogP contribution in [0.3, 0.4) is 0 Å². The third kappa shape index (κ3) is 4.24. The molecule has 0 unspecified atom stereocenters. The van der Waals surface area contributed by atoms with Crippen molar-refractivity contribution in [1.29, 1.82) is 0 Å². The minimum absolute atomic E-state index is 0.00378. The number of oxime groups is 2. The van der Waals surface area contributed by atoms with Crippen LogP contribution in [0.4, 0.5) is 4.39 Å². The molecule has 7 heteroatoms. The molecule has 0 bridgehead atoms. The maximum Gasteiger partial charge on any atom is 0.360 e. The van der Waals surface area contributed by atoms with Crippen LogP contribution < -0.4 is 0 Å². The van der Waals surface area contributed by atoms with Gasteiger partial charge in [0.15, 0.2) is 5.71 Å². The minimum atomic E-state index is -0.773. The molecule has 1 N–H and O–H groups in total. The van der Waals surface area contributed by atoms with Gasteiger partial charge in [-0.2, -0.15) is 0 Å². The summed E-state index contributed by atoms with van der Waals surface area (Å²) in [6.45, 7) is 3.46. The lowest BCUT2D eigenvalue weighted by Crippen LogP contribution is -2.19. The van der Waals surface area contributed by atoms with E-state index in [4.69, 9.17) is 10.0 Å². The van der Waals surface area contributed by atoms with Crippen LogP contribution in [0.25, 0.3) is 0 Å². The van der Waals surface area contributed by atoms with Gasteiger partial charge in [0.25, 0.3) is 0 Å². The molecule has 0 atom stereocenters. The molecule has 0 aliphatic heterocycles. The van der Waals surface area contributed by atoms with E-state index in [1.807, 2.05) is 13.0 Å². The lowest BCUT2D eigenvalue weighted by atomic mass is 9.99. The van der Waals surface area contributed by atoms with Gasteiger partial charge < -0.3 is 14.8 Å². The van der Waals surface area contributed by atoms with Crippen LogP contribution in [0.2, 0.25) is 0 Å². The fourth-order valence-corrected chi connectivity index (χ4v) is 2.41. The molecule has 0 heterocycles. The Morgan fingerprint density at radius 2 is 1.85 bits per heavy atom. The standard InChI is InChI=1S/C19H19FN2O4/c1-12-7-6-9-15(18(21-24)19(23)25-3)16(12)11-26-22-13(2)14-8-4-5-10-17(14)20/h4-10,24H,11H2,1-3H3/b21-18+,22-13+. The average Bonchev–Trinajstić information content (AvgIpc) is 2.64. The monoisotopic (exact) mass is 358 g/mol. The first-order valence-corrected chi connectivity index (χ1v) is 7.80. The summed E-state index contributed by atoms with van der Waals surface area (Å²) in [5.41, 5.74) is 2.27. The van der Waals surface area contributed by atoms with Crippen LogP contribution in [-0.2, 0) is 21.0 Å². The lowest BCUT2D eigenvalue weighted by Gasteiger charge is -2.12. The first-order chi connectivity index (χ1) is 12.5. The molecule has 2 rings (SSSR count). The molecular formula is C19H19FN2O4. The number of benzene rings is 2. The van der Waals surface area contributed by atoms with E-state index in [0.29, 0.717) is 22.4 Å². The highest BCUT2D eigenvalue weighted by atomic mass is 19.1. The molecule has 0 saturated carbocycles.